The van der Waals surface area contributed by atoms with Crippen molar-refractivity contribution in [2.45, 2.75) is 26.3 Å². The maximum absolute atomic E-state index is 11.2. The largest absolute Gasteiger partial charge is 0.352 e. The number of hydrogen-bond acceptors (Lipinski definition) is 2. The summed E-state index contributed by atoms with van der Waals surface area (Å²) in [4.78, 5) is 11.2. The van der Waals surface area contributed by atoms with E-state index in [0.717, 1.165) is 12.2 Å². The average Bonchev–Trinajstić information content (AvgIpc) is 2.39. The molecule has 1 rings (SSSR count). The summed E-state index contributed by atoms with van der Waals surface area (Å²) in [5, 5.41) is 3.02. The van der Waals surface area contributed by atoms with Crippen LogP contribution in [0.25, 0.3) is 0 Å². The molecule has 1 aliphatic heterocycles. The van der Waals surface area contributed by atoms with E-state index in [4.69, 9.17) is 0 Å². The Balaban J connectivity index is 2.24. The van der Waals surface area contributed by atoms with E-state index in [0.29, 0.717) is 6.04 Å². The molecule has 1 saturated heterocycles. The Labute approximate surface area is 72.1 Å². The minimum absolute atomic E-state index is 0.126. The quantitative estimate of drug-likeness (QED) is 0.681. The molecule has 0 aliphatic carbocycles. The van der Waals surface area contributed by atoms with Gasteiger partial charge in [-0.3, -0.25) is 4.79 Å². The molecule has 0 saturated carbocycles. The lowest BCUT2D eigenvalue weighted by atomic mass is 10.2. The van der Waals surface area contributed by atoms with Crippen molar-refractivity contribution in [1.82, 2.24) is 5.32 Å². The van der Waals surface area contributed by atoms with Crippen molar-refractivity contribution in [3.8, 4) is 0 Å². The Morgan fingerprint density at radius 1 is 1.64 bits per heavy atom. The first-order valence-electron chi connectivity index (χ1n) is 4.08. The van der Waals surface area contributed by atoms with Crippen LogP contribution in [-0.2, 0) is 4.79 Å². The lowest BCUT2D eigenvalue weighted by molar-refractivity contribution is -0.124. The van der Waals surface area contributed by atoms with Gasteiger partial charge in [0, 0.05) is 17.7 Å². The van der Waals surface area contributed by atoms with Gasteiger partial charge in [-0.25, -0.2) is 0 Å². The number of hydrogen-bond donors (Lipinski definition) is 1. The van der Waals surface area contributed by atoms with Crippen LogP contribution in [0.4, 0.5) is 0 Å². The molecule has 2 nitrogen and oxygen atoms in total. The van der Waals surface area contributed by atoms with Gasteiger partial charge in [0.15, 0.2) is 0 Å². The number of carbonyl (C=O) groups excluding carboxylic acids is 1. The van der Waals surface area contributed by atoms with Crippen molar-refractivity contribution in [3.63, 3.8) is 0 Å². The second-order valence-electron chi connectivity index (χ2n) is 3.22. The Kier molecular flexibility index (Phi) is 3.24. The van der Waals surface area contributed by atoms with Crippen molar-refractivity contribution in [1.29, 1.82) is 0 Å². The van der Waals surface area contributed by atoms with Crippen LogP contribution in [-0.4, -0.2) is 23.5 Å². The smallest absolute Gasteiger partial charge is 0.222 e. The zero-order valence-corrected chi connectivity index (χ0v) is 7.91. The standard InChI is InChI=1S/C8H15NOS/c1-6(2)8(10)9-7-3-4-11-5-7/h6-7H,3-5H2,1-2H3,(H,9,10). The Hall–Kier alpha value is -0.180. The molecule has 0 aromatic heterocycles. The SMILES string of the molecule is CC(C)C(=O)NC1CCSC1. The highest BCUT2D eigenvalue weighted by molar-refractivity contribution is 7.99. The zero-order chi connectivity index (χ0) is 8.27. The van der Waals surface area contributed by atoms with E-state index in [2.05, 4.69) is 5.32 Å². The minimum Gasteiger partial charge on any atom is -0.352 e. The van der Waals surface area contributed by atoms with Crippen molar-refractivity contribution >= 4 is 17.7 Å². The molecular formula is C8H15NOS. The van der Waals surface area contributed by atoms with Gasteiger partial charge in [0.05, 0.1) is 0 Å². The first-order valence-corrected chi connectivity index (χ1v) is 5.23. The number of nitrogens with one attached hydrogen (secondary N) is 1. The molecule has 0 spiro atoms. The summed E-state index contributed by atoms with van der Waals surface area (Å²) < 4.78 is 0. The number of rotatable bonds is 2. The second kappa shape index (κ2) is 4.00. The molecule has 64 valence electrons. The van der Waals surface area contributed by atoms with Crippen LogP contribution in [0.3, 0.4) is 0 Å². The van der Waals surface area contributed by atoms with Crippen molar-refractivity contribution < 1.29 is 4.79 Å². The number of thioether (sulfide) groups is 1. The van der Waals surface area contributed by atoms with Gasteiger partial charge < -0.3 is 5.32 Å². The topological polar surface area (TPSA) is 29.1 Å². The fourth-order valence-electron chi connectivity index (χ4n) is 1.02. The zero-order valence-electron chi connectivity index (χ0n) is 7.09. The summed E-state index contributed by atoms with van der Waals surface area (Å²) in [6.45, 7) is 3.86. The highest BCUT2D eigenvalue weighted by Gasteiger charge is 2.18. The normalized spacial score (nSPS) is 24.1. The first-order chi connectivity index (χ1) is 5.20. The predicted octanol–water partition coefficient (Wildman–Crippen LogP) is 1.26. The van der Waals surface area contributed by atoms with Gasteiger partial charge >= 0.3 is 0 Å². The van der Waals surface area contributed by atoms with Crippen LogP contribution >= 0.6 is 11.8 Å². The summed E-state index contributed by atoms with van der Waals surface area (Å²) in [6, 6.07) is 0.440. The van der Waals surface area contributed by atoms with Crippen molar-refractivity contribution in [2.24, 2.45) is 5.92 Å². The number of carbonyl (C=O) groups is 1. The maximum atomic E-state index is 11.2. The third-order valence-electron chi connectivity index (χ3n) is 1.80. The molecule has 11 heavy (non-hydrogen) atoms. The van der Waals surface area contributed by atoms with Gasteiger partial charge in [0.25, 0.3) is 0 Å². The van der Waals surface area contributed by atoms with E-state index < -0.39 is 0 Å². The highest BCUT2D eigenvalue weighted by atomic mass is 32.2. The van der Waals surface area contributed by atoms with E-state index in [1.54, 1.807) is 0 Å². The average molecular weight is 173 g/mol. The molecule has 1 fully saturated rings. The van der Waals surface area contributed by atoms with E-state index >= 15 is 0 Å². The highest BCUT2D eigenvalue weighted by Crippen LogP contribution is 2.17. The van der Waals surface area contributed by atoms with Gasteiger partial charge in [0.1, 0.15) is 0 Å². The fraction of sp³-hybridized carbons (Fsp3) is 0.875. The Morgan fingerprint density at radius 3 is 2.82 bits per heavy atom. The molecule has 0 bridgehead atoms. The lowest BCUT2D eigenvalue weighted by Gasteiger charge is -2.12. The van der Waals surface area contributed by atoms with Gasteiger partial charge in [-0.05, 0) is 12.2 Å². The molecule has 1 heterocycles. The monoisotopic (exact) mass is 173 g/mol. The lowest BCUT2D eigenvalue weighted by Crippen LogP contribution is -2.37. The number of amides is 1. The summed E-state index contributed by atoms with van der Waals surface area (Å²) in [6.07, 6.45) is 1.14. The summed E-state index contributed by atoms with van der Waals surface area (Å²) in [7, 11) is 0. The third kappa shape index (κ3) is 2.73. The summed E-state index contributed by atoms with van der Waals surface area (Å²) in [5.74, 6) is 2.61. The van der Waals surface area contributed by atoms with E-state index in [1.807, 2.05) is 25.6 Å². The fourth-order valence-corrected chi connectivity index (χ4v) is 2.17. The first kappa shape index (κ1) is 8.91. The third-order valence-corrected chi connectivity index (χ3v) is 2.96. The van der Waals surface area contributed by atoms with Gasteiger partial charge in [-0.1, -0.05) is 13.8 Å². The van der Waals surface area contributed by atoms with Gasteiger partial charge in [0.2, 0.25) is 5.91 Å². The molecule has 1 unspecified atom stereocenters. The molecule has 0 aromatic rings. The predicted molar refractivity (Wildman–Crippen MR) is 48.7 cm³/mol. The van der Waals surface area contributed by atoms with Gasteiger partial charge in [-0.2, -0.15) is 11.8 Å². The molecule has 1 aliphatic rings. The molecule has 3 heteroatoms. The molecule has 1 atom stereocenters. The Bertz CT molecular complexity index is 141. The minimum atomic E-state index is 0.126. The molecular weight excluding hydrogens is 158 g/mol. The molecule has 0 radical (unpaired) electrons. The second-order valence-corrected chi connectivity index (χ2v) is 4.37. The van der Waals surface area contributed by atoms with E-state index in [9.17, 15) is 4.79 Å². The van der Waals surface area contributed by atoms with Crippen molar-refractivity contribution in [2.75, 3.05) is 11.5 Å². The van der Waals surface area contributed by atoms with Crippen molar-refractivity contribution in [3.05, 3.63) is 0 Å². The Morgan fingerprint density at radius 2 is 2.36 bits per heavy atom. The summed E-state index contributed by atoms with van der Waals surface area (Å²) >= 11 is 1.92. The van der Waals surface area contributed by atoms with E-state index in [1.165, 1.54) is 5.75 Å². The van der Waals surface area contributed by atoms with E-state index in [-0.39, 0.29) is 11.8 Å². The molecule has 1 amide bonds. The van der Waals surface area contributed by atoms with Gasteiger partial charge in [-0.15, -0.1) is 0 Å². The van der Waals surface area contributed by atoms with Crippen LogP contribution in [0.2, 0.25) is 0 Å². The maximum Gasteiger partial charge on any atom is 0.222 e. The van der Waals surface area contributed by atoms with Crippen LogP contribution in [0.5, 0.6) is 0 Å². The molecule has 0 aromatic carbocycles. The van der Waals surface area contributed by atoms with Crippen LogP contribution in [0.15, 0.2) is 0 Å². The summed E-state index contributed by atoms with van der Waals surface area (Å²) in [5.41, 5.74) is 0. The molecule has 1 N–H and O–H groups in total. The van der Waals surface area contributed by atoms with Crippen LogP contribution < -0.4 is 5.32 Å². The van der Waals surface area contributed by atoms with Crippen LogP contribution in [0.1, 0.15) is 20.3 Å². The van der Waals surface area contributed by atoms with Crippen LogP contribution in [0, 0.1) is 5.92 Å².